The zero-order chi connectivity index (χ0) is 15.1. The van der Waals surface area contributed by atoms with E-state index in [-0.39, 0.29) is 17.7 Å². The highest BCUT2D eigenvalue weighted by atomic mass is 79.9. The maximum Gasteiger partial charge on any atom is 0.261 e. The number of fused-ring (bicyclic) bond motifs is 1. The second-order valence-electron chi connectivity index (χ2n) is 4.74. The van der Waals surface area contributed by atoms with Gasteiger partial charge in [0.1, 0.15) is 5.82 Å². The maximum absolute atomic E-state index is 13.8. The maximum atomic E-state index is 13.8. The molecule has 0 bridgehead atoms. The minimum atomic E-state index is -0.464. The van der Waals surface area contributed by atoms with Crippen LogP contribution >= 0.6 is 15.9 Å². The lowest BCUT2D eigenvalue weighted by molar-refractivity contribution is 0.0641. The van der Waals surface area contributed by atoms with Crippen molar-refractivity contribution in [2.75, 3.05) is 5.73 Å². The molecular weight excluding hydrogens is 339 g/mol. The Morgan fingerprint density at radius 3 is 2.52 bits per heavy atom. The number of rotatable bonds is 2. The molecule has 0 aliphatic carbocycles. The summed E-state index contributed by atoms with van der Waals surface area (Å²) in [5, 5.41) is 0. The molecule has 2 aromatic carbocycles. The van der Waals surface area contributed by atoms with E-state index < -0.39 is 17.6 Å². The van der Waals surface area contributed by atoms with Crippen LogP contribution in [0.5, 0.6) is 0 Å². The van der Waals surface area contributed by atoms with Gasteiger partial charge in [-0.05, 0) is 36.4 Å². The smallest absolute Gasteiger partial charge is 0.261 e. The first-order valence-corrected chi connectivity index (χ1v) is 6.96. The number of carbonyl (C=O) groups is 2. The first-order chi connectivity index (χ1) is 9.97. The molecule has 1 aliphatic heterocycles. The van der Waals surface area contributed by atoms with Crippen LogP contribution in [0.1, 0.15) is 26.3 Å². The number of carbonyl (C=O) groups excluding carboxylic acids is 2. The Labute approximate surface area is 128 Å². The molecule has 21 heavy (non-hydrogen) atoms. The second-order valence-corrected chi connectivity index (χ2v) is 5.65. The van der Waals surface area contributed by atoms with E-state index in [9.17, 15) is 14.0 Å². The number of imide groups is 1. The molecule has 2 aromatic rings. The molecule has 0 atom stereocenters. The standard InChI is InChI=1S/C15H10BrFN2O2/c16-9-1-4-13(17)8(5-9)7-19-14(20)11-3-2-10(18)6-12(11)15(19)21/h1-6H,7,18H2. The summed E-state index contributed by atoms with van der Waals surface area (Å²) in [5.41, 5.74) is 6.87. The highest BCUT2D eigenvalue weighted by Gasteiger charge is 2.35. The Hall–Kier alpha value is -2.21. The molecule has 0 aromatic heterocycles. The quantitative estimate of drug-likeness (QED) is 0.670. The van der Waals surface area contributed by atoms with Crippen molar-refractivity contribution in [3.05, 3.63) is 63.4 Å². The average molecular weight is 349 g/mol. The van der Waals surface area contributed by atoms with E-state index in [1.165, 1.54) is 18.2 Å². The molecule has 0 fully saturated rings. The third-order valence-corrected chi connectivity index (χ3v) is 3.82. The van der Waals surface area contributed by atoms with Gasteiger partial charge < -0.3 is 5.73 Å². The second kappa shape index (κ2) is 4.96. The van der Waals surface area contributed by atoms with Gasteiger partial charge in [-0.15, -0.1) is 0 Å². The van der Waals surface area contributed by atoms with Gasteiger partial charge in [0.15, 0.2) is 0 Å². The molecule has 0 radical (unpaired) electrons. The Bertz CT molecular complexity index is 776. The molecule has 0 saturated carbocycles. The van der Waals surface area contributed by atoms with E-state index >= 15 is 0 Å². The SMILES string of the molecule is Nc1ccc2c(c1)C(=O)N(Cc1cc(Br)ccc1F)C2=O. The predicted molar refractivity (Wildman–Crippen MR) is 79.2 cm³/mol. The summed E-state index contributed by atoms with van der Waals surface area (Å²) in [6.07, 6.45) is 0. The normalized spacial score (nSPS) is 13.7. The summed E-state index contributed by atoms with van der Waals surface area (Å²) < 4.78 is 14.5. The Morgan fingerprint density at radius 1 is 1.05 bits per heavy atom. The molecule has 0 unspecified atom stereocenters. The van der Waals surface area contributed by atoms with E-state index in [4.69, 9.17) is 5.73 Å². The fourth-order valence-corrected chi connectivity index (χ4v) is 2.70. The van der Waals surface area contributed by atoms with Gasteiger partial charge in [-0.25, -0.2) is 4.39 Å². The minimum Gasteiger partial charge on any atom is -0.399 e. The fourth-order valence-electron chi connectivity index (χ4n) is 2.29. The van der Waals surface area contributed by atoms with Gasteiger partial charge in [-0.2, -0.15) is 0 Å². The molecule has 2 amide bonds. The van der Waals surface area contributed by atoms with E-state index in [1.807, 2.05) is 0 Å². The summed E-state index contributed by atoms with van der Waals surface area (Å²) in [5.74, 6) is -1.36. The molecule has 2 N–H and O–H groups in total. The number of hydrogen-bond donors (Lipinski definition) is 1. The molecular formula is C15H10BrFN2O2. The first-order valence-electron chi connectivity index (χ1n) is 6.17. The van der Waals surface area contributed by atoms with Gasteiger partial charge in [0.25, 0.3) is 11.8 Å². The van der Waals surface area contributed by atoms with E-state index in [1.54, 1.807) is 18.2 Å². The highest BCUT2D eigenvalue weighted by molar-refractivity contribution is 9.10. The number of halogens is 2. The summed E-state index contributed by atoms with van der Waals surface area (Å²) >= 11 is 3.24. The minimum absolute atomic E-state index is 0.114. The van der Waals surface area contributed by atoms with Crippen molar-refractivity contribution in [3.63, 3.8) is 0 Å². The molecule has 1 heterocycles. The Morgan fingerprint density at radius 2 is 1.76 bits per heavy atom. The van der Waals surface area contributed by atoms with Crippen molar-refractivity contribution in [1.82, 2.24) is 4.90 Å². The van der Waals surface area contributed by atoms with Crippen LogP contribution < -0.4 is 5.73 Å². The first kappa shape index (κ1) is 13.8. The van der Waals surface area contributed by atoms with E-state index in [0.717, 1.165) is 4.90 Å². The summed E-state index contributed by atoms with van der Waals surface area (Å²) in [6, 6.07) is 8.94. The van der Waals surface area contributed by atoms with Crippen LogP contribution in [0.3, 0.4) is 0 Å². The van der Waals surface area contributed by atoms with Gasteiger partial charge in [0.2, 0.25) is 0 Å². The Kier molecular flexibility index (Phi) is 3.25. The topological polar surface area (TPSA) is 63.4 Å². The highest BCUT2D eigenvalue weighted by Crippen LogP contribution is 2.27. The van der Waals surface area contributed by atoms with Gasteiger partial charge in [0.05, 0.1) is 17.7 Å². The lowest BCUT2D eigenvalue weighted by Gasteiger charge is -2.14. The summed E-state index contributed by atoms with van der Waals surface area (Å²) in [7, 11) is 0. The molecule has 0 spiro atoms. The lowest BCUT2D eigenvalue weighted by atomic mass is 10.1. The number of anilines is 1. The molecule has 0 saturated heterocycles. The monoisotopic (exact) mass is 348 g/mol. The molecule has 106 valence electrons. The lowest BCUT2D eigenvalue weighted by Crippen LogP contribution is -2.29. The van der Waals surface area contributed by atoms with Crippen LogP contribution in [-0.4, -0.2) is 16.7 Å². The van der Waals surface area contributed by atoms with Crippen LogP contribution in [0.25, 0.3) is 0 Å². The van der Waals surface area contributed by atoms with E-state index in [0.29, 0.717) is 15.7 Å². The third-order valence-electron chi connectivity index (χ3n) is 3.33. The van der Waals surface area contributed by atoms with Crippen molar-refractivity contribution in [2.45, 2.75) is 6.54 Å². The van der Waals surface area contributed by atoms with Crippen LogP contribution in [0.15, 0.2) is 40.9 Å². The molecule has 3 rings (SSSR count). The van der Waals surface area contributed by atoms with Crippen molar-refractivity contribution in [3.8, 4) is 0 Å². The zero-order valence-corrected chi connectivity index (χ0v) is 12.4. The van der Waals surface area contributed by atoms with Crippen molar-refractivity contribution in [1.29, 1.82) is 0 Å². The van der Waals surface area contributed by atoms with Gasteiger partial charge in [0, 0.05) is 15.7 Å². The van der Waals surface area contributed by atoms with E-state index in [2.05, 4.69) is 15.9 Å². The summed E-state index contributed by atoms with van der Waals surface area (Å²) in [6.45, 7) is -0.114. The van der Waals surface area contributed by atoms with Crippen LogP contribution in [0, 0.1) is 5.82 Å². The summed E-state index contributed by atoms with van der Waals surface area (Å²) in [4.78, 5) is 25.5. The largest absolute Gasteiger partial charge is 0.399 e. The fraction of sp³-hybridized carbons (Fsp3) is 0.0667. The third kappa shape index (κ3) is 2.31. The number of nitrogens with two attached hydrogens (primary N) is 1. The van der Waals surface area contributed by atoms with Crippen LogP contribution in [-0.2, 0) is 6.54 Å². The number of nitrogens with zero attached hydrogens (tertiary/aromatic N) is 1. The van der Waals surface area contributed by atoms with Crippen molar-refractivity contribution in [2.24, 2.45) is 0 Å². The molecule has 1 aliphatic rings. The number of benzene rings is 2. The number of nitrogen functional groups attached to an aromatic ring is 1. The predicted octanol–water partition coefficient (Wildman–Crippen LogP) is 2.97. The van der Waals surface area contributed by atoms with Gasteiger partial charge in [-0.1, -0.05) is 15.9 Å². The Balaban J connectivity index is 1.97. The average Bonchev–Trinajstić information content (AvgIpc) is 2.67. The number of amides is 2. The van der Waals surface area contributed by atoms with Gasteiger partial charge in [-0.3, -0.25) is 14.5 Å². The number of hydrogen-bond acceptors (Lipinski definition) is 3. The van der Waals surface area contributed by atoms with Crippen molar-refractivity contribution >= 4 is 33.4 Å². The van der Waals surface area contributed by atoms with Crippen molar-refractivity contribution < 1.29 is 14.0 Å². The molecule has 6 heteroatoms. The zero-order valence-electron chi connectivity index (χ0n) is 10.8. The van der Waals surface area contributed by atoms with Gasteiger partial charge >= 0.3 is 0 Å². The molecule has 4 nitrogen and oxygen atoms in total. The van der Waals surface area contributed by atoms with Crippen LogP contribution in [0.4, 0.5) is 10.1 Å². The van der Waals surface area contributed by atoms with Crippen LogP contribution in [0.2, 0.25) is 0 Å².